The summed E-state index contributed by atoms with van der Waals surface area (Å²) in [7, 11) is 2.95. The first-order chi connectivity index (χ1) is 33.2. The van der Waals surface area contributed by atoms with Crippen LogP contribution < -0.4 is 148 Å². The van der Waals surface area contributed by atoms with Crippen LogP contribution in [0.5, 0.6) is 11.5 Å². The molecular weight excluding hydrogens is 1220 g/mol. The summed E-state index contributed by atoms with van der Waals surface area (Å²) in [5, 5.41) is 25.5. The summed E-state index contributed by atoms with van der Waals surface area (Å²) in [5.41, 5.74) is 10.1. The van der Waals surface area contributed by atoms with Crippen molar-refractivity contribution in [1.82, 2.24) is 9.80 Å². The smallest absolute Gasteiger partial charge is 0.565 e. The van der Waals surface area contributed by atoms with Crippen molar-refractivity contribution in [3.63, 3.8) is 0 Å². The molecule has 6 fully saturated rings. The average molecular weight is 1280 g/mol. The van der Waals surface area contributed by atoms with Gasteiger partial charge in [-0.15, -0.1) is 0 Å². The average Bonchev–Trinajstić information content (AvgIpc) is 4.22. The number of fused-ring (bicyclic) bond motifs is 2. The van der Waals surface area contributed by atoms with Gasteiger partial charge in [0.05, 0.1) is 26.1 Å². The van der Waals surface area contributed by atoms with E-state index in [0.717, 1.165) is 107 Å². The zero-order valence-corrected chi connectivity index (χ0v) is 55.5. The molecule has 4 aromatic carbocycles. The third kappa shape index (κ3) is 13.8. The summed E-state index contributed by atoms with van der Waals surface area (Å²) in [6.45, 7) is 4.76. The van der Waals surface area contributed by atoms with Crippen LogP contribution in [-0.4, -0.2) is 90.6 Å². The Balaban J connectivity index is 0.000000163. The van der Waals surface area contributed by atoms with E-state index in [-0.39, 0.29) is 173 Å². The Morgan fingerprint density at radius 1 is 0.662 bits per heavy atom. The fourth-order valence-corrected chi connectivity index (χ4v) is 12.5. The van der Waals surface area contributed by atoms with Crippen LogP contribution in [0.3, 0.4) is 0 Å². The van der Waals surface area contributed by atoms with Gasteiger partial charge in [0.15, 0.2) is 0 Å². The molecule has 4 aromatic rings. The zero-order chi connectivity index (χ0) is 48.6. The predicted octanol–water partition coefficient (Wildman–Crippen LogP) is 2.87. The molecule has 2 aliphatic heterocycles. The maximum Gasteiger partial charge on any atom is 1.00 e. The van der Waals surface area contributed by atoms with E-state index in [1.54, 1.807) is 12.1 Å². The molecule has 368 valence electrons. The van der Waals surface area contributed by atoms with Crippen molar-refractivity contribution in [2.75, 3.05) is 40.4 Å². The van der Waals surface area contributed by atoms with Gasteiger partial charge in [-0.25, -0.2) is 8.78 Å². The van der Waals surface area contributed by atoms with E-state index in [2.05, 4.69) is 43.9 Å². The van der Waals surface area contributed by atoms with Gasteiger partial charge in [-0.3, -0.25) is 19.4 Å². The number of benzene rings is 4. The Hall–Kier alpha value is -0.946. The number of esters is 2. The molecule has 0 unspecified atom stereocenters. The largest absolute Gasteiger partial charge is 1.00 e. The molecule has 8 aliphatic rings. The number of ether oxygens (including phenoxy) is 3. The van der Waals surface area contributed by atoms with Gasteiger partial charge in [0.1, 0.15) is 29.7 Å². The number of hydrogen-bond donors (Lipinski definition) is 2. The quantitative estimate of drug-likeness (QED) is 0.179. The maximum absolute atomic E-state index is 14.4. The maximum atomic E-state index is 14.4. The van der Waals surface area contributed by atoms with Crippen LogP contribution in [0.2, 0.25) is 0 Å². The Morgan fingerprint density at radius 2 is 1.08 bits per heavy atom. The molecular formula is C55H62BrCs2F2N2O9+. The number of phenolic OH excluding ortho intramolecular Hbond substituents is 1. The third-order valence-corrected chi connectivity index (χ3v) is 16.5. The number of carbonyl (C=O) groups excluding carboxylic acids is 2. The summed E-state index contributed by atoms with van der Waals surface area (Å²) >= 11 is 3.32. The minimum absolute atomic E-state index is 0. The summed E-state index contributed by atoms with van der Waals surface area (Å²) in [4.78, 5) is 36.6. The van der Waals surface area contributed by atoms with Crippen LogP contribution in [0.25, 0.3) is 0 Å². The molecule has 0 aromatic heterocycles. The Bertz CT molecular complexity index is 2550. The second-order valence-electron chi connectivity index (χ2n) is 20.9. The first-order valence-electron chi connectivity index (χ1n) is 24.4. The SMILES string of the molecule is COC(=O)C1CC(N2CC3(Cc4ccc(O)cc4C3)C2)C1.COC(=O)C1CC(N2CC3(Cc4ccc(OCc5c(F)cccc5C5CC5)cc4C3)C2)C1.Fc1cccc(C2CC2)c1CBr.O=C([O-])O.[Cs+].[Cs+]. The number of aromatic hydroxyl groups is 1. The van der Waals surface area contributed by atoms with Crippen molar-refractivity contribution in [3.05, 3.63) is 129 Å². The summed E-state index contributed by atoms with van der Waals surface area (Å²) < 4.78 is 43.4. The van der Waals surface area contributed by atoms with Crippen LogP contribution in [-0.2, 0) is 56.7 Å². The fourth-order valence-electron chi connectivity index (χ4n) is 12.0. The van der Waals surface area contributed by atoms with Crippen LogP contribution in [0.15, 0.2) is 72.8 Å². The molecule has 71 heavy (non-hydrogen) atoms. The van der Waals surface area contributed by atoms with Crippen LogP contribution >= 0.6 is 15.9 Å². The van der Waals surface area contributed by atoms with Crippen molar-refractivity contribution in [2.24, 2.45) is 22.7 Å². The number of methoxy groups -OCH3 is 2. The van der Waals surface area contributed by atoms with E-state index in [1.807, 2.05) is 30.3 Å². The van der Waals surface area contributed by atoms with E-state index in [4.69, 9.17) is 29.2 Å². The first-order valence-corrected chi connectivity index (χ1v) is 25.5. The van der Waals surface area contributed by atoms with Crippen LogP contribution in [0, 0.1) is 34.3 Å². The minimum atomic E-state index is -2.08. The molecule has 2 spiro atoms. The molecule has 2 heterocycles. The molecule has 2 saturated heterocycles. The Kier molecular flexibility index (Phi) is 20.4. The molecule has 12 rings (SSSR count). The van der Waals surface area contributed by atoms with Gasteiger partial charge in [0.2, 0.25) is 6.16 Å². The van der Waals surface area contributed by atoms with Gasteiger partial charge in [0, 0.05) is 65.5 Å². The zero-order valence-electron chi connectivity index (χ0n) is 41.4. The summed E-state index contributed by atoms with van der Waals surface area (Å²) in [6, 6.07) is 24.0. The summed E-state index contributed by atoms with van der Waals surface area (Å²) in [5.74, 6) is 2.22. The molecule has 16 heteroatoms. The number of carboxylic acid groups (broad SMARTS) is 2. The van der Waals surface area contributed by atoms with Crippen LogP contribution in [0.4, 0.5) is 13.6 Å². The number of rotatable bonds is 10. The molecule has 0 amide bonds. The van der Waals surface area contributed by atoms with Crippen molar-refractivity contribution in [2.45, 2.75) is 113 Å². The van der Waals surface area contributed by atoms with E-state index in [0.29, 0.717) is 58.0 Å². The van der Waals surface area contributed by atoms with Crippen molar-refractivity contribution >= 4 is 34.0 Å². The van der Waals surface area contributed by atoms with Crippen LogP contribution in [0.1, 0.15) is 108 Å². The van der Waals surface area contributed by atoms with Crippen molar-refractivity contribution in [3.8, 4) is 11.5 Å². The van der Waals surface area contributed by atoms with Gasteiger partial charge in [-0.05, 0) is 159 Å². The van der Waals surface area contributed by atoms with E-state index < -0.39 is 6.16 Å². The molecule has 0 radical (unpaired) electrons. The van der Waals surface area contributed by atoms with Gasteiger partial charge >= 0.3 is 150 Å². The standard InChI is InChI=1S/C27H30FNO3.C17H21NO3.C10H10BrF.CH2O3.2Cs/c1-31-26(30)19-9-21(10-19)29-15-27(16-29)12-18-7-8-22(11-20(18)13-27)32-14-24-23(17-5-6-17)3-2-4-25(24)28;1-21-16(20)12-4-14(5-12)18-9-17(10-18)7-11-2-3-15(19)6-13(11)8-17;11-6-9-8(7-4-5-7)2-1-3-10(9)12;2-1(3)4;;/h2-4,7-8,11,17,19,21H,5-6,9-10,12-16H2,1H3;2-3,6,12,14,19H,4-5,7-10H2,1H3;1-3,7H,4-6H2;(H2,2,3,4);;/q;;;;2*+1/p-1. The van der Waals surface area contributed by atoms with E-state index in [9.17, 15) is 23.5 Å². The van der Waals surface area contributed by atoms with Gasteiger partial charge in [0.25, 0.3) is 0 Å². The number of likely N-dealkylation sites (tertiary alicyclic amines) is 2. The second-order valence-corrected chi connectivity index (χ2v) is 21.5. The van der Waals surface area contributed by atoms with E-state index >= 15 is 0 Å². The fraction of sp³-hybridized carbons (Fsp3) is 0.509. The topological polar surface area (TPSA) is 149 Å². The second kappa shape index (κ2) is 25.0. The number of nitrogens with zero attached hydrogens (tertiary/aromatic N) is 2. The Morgan fingerprint density at radius 3 is 1.54 bits per heavy atom. The number of alkyl halides is 1. The molecule has 11 nitrogen and oxygen atoms in total. The number of phenols is 1. The third-order valence-electron chi connectivity index (χ3n) is 16.0. The normalized spacial score (nSPS) is 23.5. The molecule has 4 saturated carbocycles. The van der Waals surface area contributed by atoms with Gasteiger partial charge in [-0.1, -0.05) is 52.3 Å². The number of halogens is 3. The monoisotopic (exact) mass is 1280 g/mol. The molecule has 0 atom stereocenters. The first kappa shape index (κ1) is 57.8. The van der Waals surface area contributed by atoms with E-state index in [1.165, 1.54) is 67.0 Å². The number of hydrogen-bond acceptors (Lipinski definition) is 10. The number of carbonyl (C=O) groups is 3. The van der Waals surface area contributed by atoms with Gasteiger partial charge < -0.3 is 34.3 Å². The minimum Gasteiger partial charge on any atom is -0.565 e. The summed E-state index contributed by atoms with van der Waals surface area (Å²) in [6.07, 6.45) is 10.9. The molecule has 2 N–H and O–H groups in total. The Labute approximate surface area is 541 Å². The molecule has 0 bridgehead atoms. The van der Waals surface area contributed by atoms with Crippen molar-refractivity contribution in [1.29, 1.82) is 0 Å². The molecule has 6 aliphatic carbocycles. The van der Waals surface area contributed by atoms with Crippen molar-refractivity contribution < 1.29 is 190 Å². The predicted molar refractivity (Wildman–Crippen MR) is 256 cm³/mol. The van der Waals surface area contributed by atoms with Gasteiger partial charge in [-0.2, -0.15) is 0 Å².